The second-order valence-corrected chi connectivity index (χ2v) is 6.48. The Bertz CT molecular complexity index is 711. The van der Waals surface area contributed by atoms with Crippen LogP contribution in [0.5, 0.6) is 11.5 Å². The number of aromatic hydroxyl groups is 2. The first-order valence-electron chi connectivity index (χ1n) is 6.02. The van der Waals surface area contributed by atoms with Crippen LogP contribution >= 0.6 is 23.5 Å². The summed E-state index contributed by atoms with van der Waals surface area (Å²) in [5.74, 6) is -0.500. The van der Waals surface area contributed by atoms with Gasteiger partial charge in [-0.05, 0) is 36.1 Å². The van der Waals surface area contributed by atoms with Crippen molar-refractivity contribution in [2.45, 2.75) is 21.1 Å². The van der Waals surface area contributed by atoms with E-state index >= 15 is 0 Å². The Morgan fingerprint density at radius 3 is 2.60 bits per heavy atom. The molecule has 1 heterocycles. The summed E-state index contributed by atoms with van der Waals surface area (Å²) in [5, 5.41) is 19.2. The van der Waals surface area contributed by atoms with Gasteiger partial charge in [-0.25, -0.2) is 0 Å². The lowest BCUT2D eigenvalue weighted by atomic mass is 10.0. The molecular weight excluding hydrogens is 292 g/mol. The Balaban J connectivity index is 2.15. The number of fused-ring (bicyclic) bond motifs is 2. The molecule has 0 aliphatic carbocycles. The third kappa shape index (κ3) is 2.27. The third-order valence-corrected chi connectivity index (χ3v) is 5.11. The van der Waals surface area contributed by atoms with Crippen LogP contribution in [0.2, 0.25) is 0 Å². The first-order valence-corrected chi connectivity index (χ1v) is 8.06. The van der Waals surface area contributed by atoms with Crippen molar-refractivity contribution < 1.29 is 15.0 Å². The summed E-state index contributed by atoms with van der Waals surface area (Å²) in [6.07, 6.45) is 2.32. The molecule has 2 aromatic rings. The number of thioether (sulfide) groups is 1. The number of hydrogen-bond donors (Lipinski definition) is 2. The summed E-state index contributed by atoms with van der Waals surface area (Å²) < 4.78 is 0. The van der Waals surface area contributed by atoms with Gasteiger partial charge in [0, 0.05) is 26.7 Å². The van der Waals surface area contributed by atoms with E-state index in [4.69, 9.17) is 0 Å². The Morgan fingerprint density at radius 2 is 1.85 bits per heavy atom. The van der Waals surface area contributed by atoms with Crippen molar-refractivity contribution in [1.29, 1.82) is 0 Å². The van der Waals surface area contributed by atoms with Crippen LogP contribution < -0.4 is 0 Å². The number of phenols is 2. The smallest absolute Gasteiger partial charge is 0.168 e. The van der Waals surface area contributed by atoms with Gasteiger partial charge in [0.25, 0.3) is 0 Å². The normalized spacial score (nSPS) is 13.6. The lowest BCUT2D eigenvalue weighted by Gasteiger charge is -2.07. The number of Topliss-reactive ketones (excluding diaryl/α,β-unsaturated/α-hetero) is 1. The largest absolute Gasteiger partial charge is 0.504 e. The standard InChI is InChI=1S/C15H12O3S2/c1-19-9-3-2-8-4-11(16)10-6-12(17)13(18)7-15(10)20-14(8)5-9/h2-3,5-7,17-18H,4H2,1H3. The monoisotopic (exact) mass is 304 g/mol. The predicted molar refractivity (Wildman–Crippen MR) is 80.2 cm³/mol. The fourth-order valence-corrected chi connectivity index (χ4v) is 3.81. The van der Waals surface area contributed by atoms with Crippen molar-refractivity contribution in [3.05, 3.63) is 41.5 Å². The van der Waals surface area contributed by atoms with Crippen LogP contribution in [0.4, 0.5) is 0 Å². The molecule has 0 amide bonds. The zero-order valence-corrected chi connectivity index (χ0v) is 12.3. The first-order chi connectivity index (χ1) is 9.58. The molecule has 0 saturated heterocycles. The summed E-state index contributed by atoms with van der Waals surface area (Å²) in [6, 6.07) is 8.83. The molecule has 0 saturated carbocycles. The number of hydrogen-bond acceptors (Lipinski definition) is 5. The van der Waals surface area contributed by atoms with E-state index in [0.29, 0.717) is 16.9 Å². The van der Waals surface area contributed by atoms with Gasteiger partial charge in [-0.3, -0.25) is 4.79 Å². The van der Waals surface area contributed by atoms with Gasteiger partial charge in [0.1, 0.15) is 0 Å². The van der Waals surface area contributed by atoms with Crippen molar-refractivity contribution >= 4 is 29.3 Å². The highest BCUT2D eigenvalue weighted by molar-refractivity contribution is 8.00. The first kappa shape index (κ1) is 13.4. The summed E-state index contributed by atoms with van der Waals surface area (Å²) in [7, 11) is 0. The predicted octanol–water partition coefficient (Wildman–Crippen LogP) is 3.71. The number of rotatable bonds is 1. The van der Waals surface area contributed by atoms with Gasteiger partial charge < -0.3 is 10.2 Å². The van der Waals surface area contributed by atoms with Gasteiger partial charge >= 0.3 is 0 Å². The van der Waals surface area contributed by atoms with Crippen LogP contribution in [0.1, 0.15) is 15.9 Å². The molecule has 0 atom stereocenters. The summed E-state index contributed by atoms with van der Waals surface area (Å²) >= 11 is 3.10. The molecule has 0 bridgehead atoms. The van der Waals surface area contributed by atoms with Crippen molar-refractivity contribution in [3.8, 4) is 11.5 Å². The highest BCUT2D eigenvalue weighted by Gasteiger charge is 2.22. The number of benzene rings is 2. The third-order valence-electron chi connectivity index (χ3n) is 3.22. The molecule has 1 aliphatic rings. The highest BCUT2D eigenvalue weighted by atomic mass is 32.2. The molecule has 3 nitrogen and oxygen atoms in total. The number of carbonyl (C=O) groups excluding carboxylic acids is 1. The number of carbonyl (C=O) groups is 1. The molecule has 0 unspecified atom stereocenters. The molecule has 1 aliphatic heterocycles. The maximum absolute atomic E-state index is 12.3. The average molecular weight is 304 g/mol. The fraction of sp³-hybridized carbons (Fsp3) is 0.133. The van der Waals surface area contributed by atoms with Crippen molar-refractivity contribution in [2.24, 2.45) is 0 Å². The van der Waals surface area contributed by atoms with E-state index < -0.39 is 0 Å². The fourth-order valence-electron chi connectivity index (χ4n) is 2.15. The zero-order valence-electron chi connectivity index (χ0n) is 10.7. The minimum atomic E-state index is -0.256. The van der Waals surface area contributed by atoms with Crippen LogP contribution in [-0.4, -0.2) is 22.3 Å². The lowest BCUT2D eigenvalue weighted by Crippen LogP contribution is -2.03. The van der Waals surface area contributed by atoms with E-state index in [1.807, 2.05) is 18.4 Å². The molecule has 3 rings (SSSR count). The maximum Gasteiger partial charge on any atom is 0.168 e. The number of ketones is 1. The molecule has 2 aromatic carbocycles. The van der Waals surface area contributed by atoms with Crippen LogP contribution in [0.3, 0.4) is 0 Å². The van der Waals surface area contributed by atoms with E-state index in [2.05, 4.69) is 6.07 Å². The zero-order chi connectivity index (χ0) is 14.3. The molecular formula is C15H12O3S2. The molecule has 20 heavy (non-hydrogen) atoms. The van der Waals surface area contributed by atoms with Gasteiger partial charge in [0.05, 0.1) is 0 Å². The van der Waals surface area contributed by atoms with E-state index in [1.165, 1.54) is 23.9 Å². The van der Waals surface area contributed by atoms with Gasteiger partial charge in [0.2, 0.25) is 0 Å². The summed E-state index contributed by atoms with van der Waals surface area (Å²) in [4.78, 5) is 15.1. The molecule has 102 valence electrons. The van der Waals surface area contributed by atoms with Gasteiger partial charge in [0.15, 0.2) is 17.3 Å². The maximum atomic E-state index is 12.3. The lowest BCUT2D eigenvalue weighted by molar-refractivity contribution is 0.0989. The number of phenolic OH excluding ortho intramolecular Hbond substituents is 2. The Kier molecular flexibility index (Phi) is 3.40. The van der Waals surface area contributed by atoms with Crippen LogP contribution in [-0.2, 0) is 6.42 Å². The molecule has 0 aromatic heterocycles. The minimum Gasteiger partial charge on any atom is -0.504 e. The van der Waals surface area contributed by atoms with E-state index in [9.17, 15) is 15.0 Å². The van der Waals surface area contributed by atoms with Gasteiger partial charge in [-0.2, -0.15) is 0 Å². The molecule has 2 N–H and O–H groups in total. The second-order valence-electron chi connectivity index (χ2n) is 4.51. The Hall–Kier alpha value is -1.59. The van der Waals surface area contributed by atoms with Gasteiger partial charge in [-0.15, -0.1) is 11.8 Å². The molecule has 0 fully saturated rings. The minimum absolute atomic E-state index is 0.0431. The summed E-state index contributed by atoms with van der Waals surface area (Å²) in [5.41, 5.74) is 1.44. The Morgan fingerprint density at radius 1 is 1.10 bits per heavy atom. The topological polar surface area (TPSA) is 57.5 Å². The van der Waals surface area contributed by atoms with Crippen LogP contribution in [0.15, 0.2) is 45.0 Å². The van der Waals surface area contributed by atoms with Crippen molar-refractivity contribution in [1.82, 2.24) is 0 Å². The van der Waals surface area contributed by atoms with Crippen LogP contribution in [0.25, 0.3) is 0 Å². The SMILES string of the molecule is CSc1ccc2c(c1)Sc1cc(O)c(O)cc1C(=O)C2. The van der Waals surface area contributed by atoms with Gasteiger partial charge in [-0.1, -0.05) is 17.8 Å². The van der Waals surface area contributed by atoms with E-state index in [-0.39, 0.29) is 17.3 Å². The second kappa shape index (κ2) is 5.07. The highest BCUT2D eigenvalue weighted by Crippen LogP contribution is 2.42. The molecule has 0 radical (unpaired) electrons. The van der Waals surface area contributed by atoms with E-state index in [0.717, 1.165) is 15.4 Å². The molecule has 5 heteroatoms. The van der Waals surface area contributed by atoms with Crippen LogP contribution in [0, 0.1) is 0 Å². The quantitative estimate of drug-likeness (QED) is 0.621. The average Bonchev–Trinajstić information content (AvgIpc) is 2.56. The van der Waals surface area contributed by atoms with E-state index in [1.54, 1.807) is 11.8 Å². The summed E-state index contributed by atoms with van der Waals surface area (Å²) in [6.45, 7) is 0. The van der Waals surface area contributed by atoms with Crippen molar-refractivity contribution in [2.75, 3.05) is 6.26 Å². The molecule has 0 spiro atoms. The Labute approximate surface area is 125 Å². The van der Waals surface area contributed by atoms with Crippen molar-refractivity contribution in [3.63, 3.8) is 0 Å².